The van der Waals surface area contributed by atoms with Crippen molar-refractivity contribution in [2.24, 2.45) is 0 Å². The Kier molecular flexibility index (Phi) is 4.81. The smallest absolute Gasteiger partial charge is 0.152 e. The summed E-state index contributed by atoms with van der Waals surface area (Å²) in [5.41, 5.74) is 7.37. The van der Waals surface area contributed by atoms with E-state index in [2.05, 4.69) is 0 Å². The van der Waals surface area contributed by atoms with Crippen LogP contribution in [-0.4, -0.2) is 33.5 Å². The Morgan fingerprint density at radius 2 is 1.88 bits per heavy atom. The van der Waals surface area contributed by atoms with E-state index in [1.165, 1.54) is 0 Å². The van der Waals surface area contributed by atoms with Crippen LogP contribution in [0.3, 0.4) is 0 Å². The predicted molar refractivity (Wildman–Crippen MR) is 73.1 cm³/mol. The van der Waals surface area contributed by atoms with E-state index in [0.717, 1.165) is 5.69 Å². The van der Waals surface area contributed by atoms with Gasteiger partial charge in [0.1, 0.15) is 0 Å². The Labute approximate surface area is 103 Å². The molecule has 0 fully saturated rings. The van der Waals surface area contributed by atoms with Crippen LogP contribution in [0.2, 0.25) is 0 Å². The van der Waals surface area contributed by atoms with Gasteiger partial charge in [-0.3, -0.25) is 0 Å². The van der Waals surface area contributed by atoms with Gasteiger partial charge >= 0.3 is 0 Å². The lowest BCUT2D eigenvalue weighted by Gasteiger charge is -2.20. The van der Waals surface area contributed by atoms with Crippen molar-refractivity contribution >= 4 is 21.2 Å². The van der Waals surface area contributed by atoms with Crippen LogP contribution >= 0.6 is 0 Å². The number of sulfone groups is 1. The summed E-state index contributed by atoms with van der Waals surface area (Å²) in [6.45, 7) is 2.34. The number of hydrogen-bond acceptors (Lipinski definition) is 4. The molecule has 1 rings (SSSR count). The third-order valence-corrected chi connectivity index (χ3v) is 4.44. The van der Waals surface area contributed by atoms with Crippen molar-refractivity contribution < 1.29 is 8.42 Å². The summed E-state index contributed by atoms with van der Waals surface area (Å²) in [6.07, 6.45) is 0.666. The van der Waals surface area contributed by atoms with Crippen molar-refractivity contribution in [3.8, 4) is 0 Å². The molecule has 17 heavy (non-hydrogen) atoms. The van der Waals surface area contributed by atoms with Crippen LogP contribution in [-0.2, 0) is 9.84 Å². The first kappa shape index (κ1) is 13.8. The second kappa shape index (κ2) is 5.91. The minimum absolute atomic E-state index is 0.172. The average molecular weight is 256 g/mol. The topological polar surface area (TPSA) is 63.4 Å². The predicted octanol–water partition coefficient (Wildman–Crippen LogP) is 1.53. The van der Waals surface area contributed by atoms with Gasteiger partial charge in [0, 0.05) is 19.3 Å². The number of nitrogens with zero attached hydrogens (tertiary/aromatic N) is 1. The van der Waals surface area contributed by atoms with Gasteiger partial charge in [0.05, 0.1) is 17.1 Å². The molecule has 0 saturated carbocycles. The van der Waals surface area contributed by atoms with Gasteiger partial charge in [-0.2, -0.15) is 0 Å². The largest absolute Gasteiger partial charge is 0.397 e. The van der Waals surface area contributed by atoms with E-state index in [-0.39, 0.29) is 11.5 Å². The van der Waals surface area contributed by atoms with Crippen LogP contribution in [0.4, 0.5) is 11.4 Å². The van der Waals surface area contributed by atoms with Gasteiger partial charge < -0.3 is 10.6 Å². The van der Waals surface area contributed by atoms with E-state index < -0.39 is 9.84 Å². The fourth-order valence-corrected chi connectivity index (χ4v) is 3.02. The number of nitrogen functional groups attached to an aromatic ring is 1. The lowest BCUT2D eigenvalue weighted by Crippen LogP contribution is -2.27. The molecule has 4 nitrogen and oxygen atoms in total. The maximum absolute atomic E-state index is 11.6. The molecular formula is C12H20N2O2S. The Morgan fingerprint density at radius 3 is 2.47 bits per heavy atom. The lowest BCUT2D eigenvalue weighted by molar-refractivity contribution is 0.594. The number of benzene rings is 1. The summed E-state index contributed by atoms with van der Waals surface area (Å²) in [5, 5.41) is 0. The Hall–Kier alpha value is -1.23. The third-order valence-electron chi connectivity index (χ3n) is 2.60. The highest BCUT2D eigenvalue weighted by Gasteiger charge is 2.12. The highest BCUT2D eigenvalue weighted by molar-refractivity contribution is 7.91. The molecule has 5 heteroatoms. The molecule has 0 aliphatic rings. The van der Waals surface area contributed by atoms with Gasteiger partial charge in [-0.1, -0.05) is 19.1 Å². The SMILES string of the molecule is CCCS(=O)(=O)CCN(C)c1ccccc1N. The van der Waals surface area contributed by atoms with E-state index in [9.17, 15) is 8.42 Å². The molecule has 2 N–H and O–H groups in total. The minimum atomic E-state index is -2.93. The molecule has 0 bridgehead atoms. The normalized spacial score (nSPS) is 11.4. The molecule has 0 aliphatic carbocycles. The number of nitrogens with two attached hydrogens (primary N) is 1. The first-order valence-corrected chi connectivity index (χ1v) is 7.54. The zero-order chi connectivity index (χ0) is 12.9. The van der Waals surface area contributed by atoms with Crippen molar-refractivity contribution in [3.05, 3.63) is 24.3 Å². The van der Waals surface area contributed by atoms with Crippen molar-refractivity contribution in [2.45, 2.75) is 13.3 Å². The molecule has 1 aromatic rings. The summed E-state index contributed by atoms with van der Waals surface area (Å²) in [6, 6.07) is 7.46. The second-order valence-electron chi connectivity index (χ2n) is 4.13. The van der Waals surface area contributed by atoms with Gasteiger partial charge in [-0.25, -0.2) is 8.42 Å². The van der Waals surface area contributed by atoms with Crippen LogP contribution in [0, 0.1) is 0 Å². The third kappa shape index (κ3) is 4.26. The molecule has 0 aromatic heterocycles. The van der Waals surface area contributed by atoms with Gasteiger partial charge in [0.15, 0.2) is 9.84 Å². The zero-order valence-corrected chi connectivity index (χ0v) is 11.2. The Morgan fingerprint density at radius 1 is 1.24 bits per heavy atom. The van der Waals surface area contributed by atoms with E-state index in [0.29, 0.717) is 18.7 Å². The molecule has 0 spiro atoms. The standard InChI is InChI=1S/C12H20N2O2S/c1-3-9-17(15,16)10-8-14(2)12-7-5-4-6-11(12)13/h4-7H,3,8-10,13H2,1-2H3. The first-order chi connectivity index (χ1) is 7.96. The Balaban J connectivity index is 2.62. The monoisotopic (exact) mass is 256 g/mol. The first-order valence-electron chi connectivity index (χ1n) is 5.72. The number of hydrogen-bond donors (Lipinski definition) is 1. The van der Waals surface area contributed by atoms with Crippen molar-refractivity contribution in [3.63, 3.8) is 0 Å². The number of para-hydroxylation sites is 2. The van der Waals surface area contributed by atoms with Crippen LogP contribution in [0.25, 0.3) is 0 Å². The molecule has 0 amide bonds. The maximum Gasteiger partial charge on any atom is 0.152 e. The fourth-order valence-electron chi connectivity index (χ4n) is 1.64. The van der Waals surface area contributed by atoms with Gasteiger partial charge in [-0.15, -0.1) is 0 Å². The van der Waals surface area contributed by atoms with Crippen molar-refractivity contribution in [1.29, 1.82) is 0 Å². The molecule has 0 aliphatic heterocycles. The van der Waals surface area contributed by atoms with Crippen LogP contribution in [0.15, 0.2) is 24.3 Å². The molecular weight excluding hydrogens is 236 g/mol. The summed E-state index contributed by atoms with van der Waals surface area (Å²) in [4.78, 5) is 1.88. The summed E-state index contributed by atoms with van der Waals surface area (Å²) < 4.78 is 23.2. The van der Waals surface area contributed by atoms with Crippen LogP contribution < -0.4 is 10.6 Å². The molecule has 96 valence electrons. The minimum Gasteiger partial charge on any atom is -0.397 e. The fraction of sp³-hybridized carbons (Fsp3) is 0.500. The molecule has 0 atom stereocenters. The Bertz CT molecular complexity index is 457. The molecule has 0 heterocycles. The second-order valence-corrected chi connectivity index (χ2v) is 6.44. The number of rotatable bonds is 6. The highest BCUT2D eigenvalue weighted by Crippen LogP contribution is 2.20. The molecule has 0 saturated heterocycles. The van der Waals surface area contributed by atoms with Crippen molar-refractivity contribution in [1.82, 2.24) is 0 Å². The van der Waals surface area contributed by atoms with Crippen LogP contribution in [0.1, 0.15) is 13.3 Å². The molecule has 1 aromatic carbocycles. The van der Waals surface area contributed by atoms with E-state index >= 15 is 0 Å². The van der Waals surface area contributed by atoms with Gasteiger partial charge in [0.2, 0.25) is 0 Å². The maximum atomic E-state index is 11.6. The summed E-state index contributed by atoms with van der Waals surface area (Å²) in [5.74, 6) is 0.427. The number of anilines is 2. The van der Waals surface area contributed by atoms with E-state index in [1.807, 2.05) is 43.1 Å². The van der Waals surface area contributed by atoms with E-state index in [4.69, 9.17) is 5.73 Å². The zero-order valence-electron chi connectivity index (χ0n) is 10.4. The lowest BCUT2D eigenvalue weighted by atomic mass is 10.2. The molecule has 0 radical (unpaired) electrons. The quantitative estimate of drug-likeness (QED) is 0.784. The van der Waals surface area contributed by atoms with Crippen LogP contribution in [0.5, 0.6) is 0 Å². The molecule has 0 unspecified atom stereocenters. The highest BCUT2D eigenvalue weighted by atomic mass is 32.2. The summed E-state index contributed by atoms with van der Waals surface area (Å²) in [7, 11) is -1.08. The average Bonchev–Trinajstić information content (AvgIpc) is 2.27. The van der Waals surface area contributed by atoms with Gasteiger partial charge in [0.25, 0.3) is 0 Å². The van der Waals surface area contributed by atoms with Crippen molar-refractivity contribution in [2.75, 3.05) is 35.7 Å². The summed E-state index contributed by atoms with van der Waals surface area (Å²) >= 11 is 0. The van der Waals surface area contributed by atoms with Gasteiger partial charge in [-0.05, 0) is 18.6 Å². The van der Waals surface area contributed by atoms with E-state index in [1.54, 1.807) is 0 Å².